The van der Waals surface area contributed by atoms with Crippen molar-refractivity contribution in [3.05, 3.63) is 24.5 Å². The van der Waals surface area contributed by atoms with E-state index in [0.717, 1.165) is 5.69 Å². The lowest BCUT2D eigenvalue weighted by atomic mass is 10.4. The van der Waals surface area contributed by atoms with Crippen LogP contribution in [0.5, 0.6) is 0 Å². The molecule has 0 aliphatic heterocycles. The van der Waals surface area contributed by atoms with Crippen LogP contribution in [-0.4, -0.2) is 11.2 Å². The van der Waals surface area contributed by atoms with Crippen LogP contribution in [0.4, 0.5) is 5.69 Å². The van der Waals surface area contributed by atoms with Gasteiger partial charge < -0.3 is 0 Å². The fourth-order valence-electron chi connectivity index (χ4n) is 0.622. The van der Waals surface area contributed by atoms with Crippen molar-refractivity contribution in [3.8, 4) is 6.07 Å². The Balaban J connectivity index is 2.59. The van der Waals surface area contributed by atoms with Crippen molar-refractivity contribution in [3.63, 3.8) is 0 Å². The zero-order valence-electron chi connectivity index (χ0n) is 5.94. The molecule has 0 aliphatic rings. The van der Waals surface area contributed by atoms with E-state index in [-0.39, 0.29) is 0 Å². The highest BCUT2D eigenvalue weighted by Crippen LogP contribution is 2.06. The number of rotatable bonds is 2. The van der Waals surface area contributed by atoms with Crippen molar-refractivity contribution < 1.29 is 0 Å². The van der Waals surface area contributed by atoms with Gasteiger partial charge in [0.1, 0.15) is 0 Å². The van der Waals surface area contributed by atoms with Crippen LogP contribution in [0.1, 0.15) is 6.42 Å². The van der Waals surface area contributed by atoms with Gasteiger partial charge in [-0.05, 0) is 12.1 Å². The van der Waals surface area contributed by atoms with Crippen molar-refractivity contribution in [1.82, 2.24) is 4.98 Å². The van der Waals surface area contributed by atoms with Crippen LogP contribution in [0, 0.1) is 11.3 Å². The van der Waals surface area contributed by atoms with Crippen LogP contribution in [-0.2, 0) is 0 Å². The predicted octanol–water partition coefficient (Wildman–Crippen LogP) is 1.70. The van der Waals surface area contributed by atoms with E-state index in [4.69, 9.17) is 5.26 Å². The molecule has 0 radical (unpaired) electrons. The Kier molecular flexibility index (Phi) is 2.82. The minimum atomic E-state index is 0.350. The Morgan fingerprint density at radius 2 is 2.27 bits per heavy atom. The second kappa shape index (κ2) is 4.18. The van der Waals surface area contributed by atoms with E-state index in [2.05, 4.69) is 9.98 Å². The number of aliphatic imine (C=N–C) groups is 1. The number of hydrogen-bond donors (Lipinski definition) is 0. The summed E-state index contributed by atoms with van der Waals surface area (Å²) < 4.78 is 0. The van der Waals surface area contributed by atoms with E-state index in [1.807, 2.05) is 6.07 Å². The quantitative estimate of drug-likeness (QED) is 0.594. The summed E-state index contributed by atoms with van der Waals surface area (Å²) in [4.78, 5) is 7.84. The van der Waals surface area contributed by atoms with E-state index in [1.54, 1.807) is 30.7 Å². The molecule has 0 unspecified atom stereocenters. The molecule has 54 valence electrons. The Labute approximate surface area is 65.0 Å². The monoisotopic (exact) mass is 145 g/mol. The van der Waals surface area contributed by atoms with Crippen molar-refractivity contribution >= 4 is 11.9 Å². The molecule has 1 rings (SSSR count). The molecule has 0 amide bonds. The predicted molar refractivity (Wildman–Crippen MR) is 42.6 cm³/mol. The highest BCUT2D eigenvalue weighted by atomic mass is 14.7. The maximum atomic E-state index is 8.19. The molecular weight excluding hydrogens is 138 g/mol. The van der Waals surface area contributed by atoms with E-state index in [9.17, 15) is 0 Å². The maximum Gasteiger partial charge on any atom is 0.0705 e. The zero-order valence-corrected chi connectivity index (χ0v) is 5.94. The van der Waals surface area contributed by atoms with Gasteiger partial charge in [-0.1, -0.05) is 0 Å². The normalized spacial score (nSPS) is 9.73. The van der Waals surface area contributed by atoms with Crippen molar-refractivity contribution in [2.75, 3.05) is 0 Å². The summed E-state index contributed by atoms with van der Waals surface area (Å²) in [5, 5.41) is 8.19. The van der Waals surface area contributed by atoms with Crippen LogP contribution < -0.4 is 0 Å². The van der Waals surface area contributed by atoms with Gasteiger partial charge in [0.25, 0.3) is 0 Å². The minimum absolute atomic E-state index is 0.350. The molecule has 3 nitrogen and oxygen atoms in total. The minimum Gasteiger partial charge on any atom is -0.265 e. The lowest BCUT2D eigenvalue weighted by Crippen LogP contribution is -1.70. The summed E-state index contributed by atoms with van der Waals surface area (Å²) in [5.74, 6) is 0. The molecule has 0 saturated heterocycles. The average Bonchev–Trinajstić information content (AvgIpc) is 2.07. The van der Waals surface area contributed by atoms with Crippen LogP contribution in [0.25, 0.3) is 0 Å². The molecule has 0 aromatic carbocycles. The summed E-state index contributed by atoms with van der Waals surface area (Å²) >= 11 is 0. The molecule has 0 spiro atoms. The van der Waals surface area contributed by atoms with E-state index < -0.39 is 0 Å². The Bertz CT molecular complexity index is 271. The molecule has 1 heterocycles. The van der Waals surface area contributed by atoms with Gasteiger partial charge in [-0.3, -0.25) is 9.98 Å². The standard InChI is InChI=1S/C8H7N3/c9-4-1-5-11-8-2-6-10-7-3-8/h2-3,5-7H,1H2. The molecule has 0 fully saturated rings. The molecule has 3 heteroatoms. The number of hydrogen-bond acceptors (Lipinski definition) is 3. The van der Waals surface area contributed by atoms with Crippen LogP contribution in [0.3, 0.4) is 0 Å². The zero-order chi connectivity index (χ0) is 7.94. The smallest absolute Gasteiger partial charge is 0.0705 e. The van der Waals surface area contributed by atoms with E-state index >= 15 is 0 Å². The molecule has 0 bridgehead atoms. The largest absolute Gasteiger partial charge is 0.265 e. The Hall–Kier alpha value is -1.69. The molecule has 0 atom stereocenters. The first kappa shape index (κ1) is 7.42. The van der Waals surface area contributed by atoms with E-state index in [1.165, 1.54) is 0 Å². The fourth-order valence-corrected chi connectivity index (χ4v) is 0.622. The average molecular weight is 145 g/mol. The highest BCUT2D eigenvalue weighted by Gasteiger charge is 1.81. The summed E-state index contributed by atoms with van der Waals surface area (Å²) in [5.41, 5.74) is 0.829. The SMILES string of the molecule is N#CCC=Nc1ccncc1. The first-order valence-corrected chi connectivity index (χ1v) is 3.23. The van der Waals surface area contributed by atoms with Gasteiger partial charge in [-0.25, -0.2) is 0 Å². The van der Waals surface area contributed by atoms with Crippen LogP contribution >= 0.6 is 0 Å². The number of nitriles is 1. The third-order valence-corrected chi connectivity index (χ3v) is 1.09. The molecule has 0 saturated carbocycles. The third-order valence-electron chi connectivity index (χ3n) is 1.09. The topological polar surface area (TPSA) is 49.0 Å². The summed E-state index contributed by atoms with van der Waals surface area (Å²) in [6, 6.07) is 5.54. The Morgan fingerprint density at radius 1 is 1.55 bits per heavy atom. The van der Waals surface area contributed by atoms with Gasteiger partial charge in [-0.15, -0.1) is 0 Å². The van der Waals surface area contributed by atoms with Gasteiger partial charge >= 0.3 is 0 Å². The number of nitrogens with zero attached hydrogens (tertiary/aromatic N) is 3. The van der Waals surface area contributed by atoms with Crippen molar-refractivity contribution in [1.29, 1.82) is 5.26 Å². The van der Waals surface area contributed by atoms with E-state index in [0.29, 0.717) is 6.42 Å². The van der Waals surface area contributed by atoms with Gasteiger partial charge in [0.05, 0.1) is 18.2 Å². The first-order chi connectivity index (χ1) is 5.43. The second-order valence-electron chi connectivity index (χ2n) is 1.88. The summed E-state index contributed by atoms with van der Waals surface area (Å²) in [7, 11) is 0. The highest BCUT2D eigenvalue weighted by molar-refractivity contribution is 5.64. The third kappa shape index (κ3) is 2.59. The van der Waals surface area contributed by atoms with Gasteiger partial charge in [0.15, 0.2) is 0 Å². The van der Waals surface area contributed by atoms with Crippen LogP contribution in [0.15, 0.2) is 29.5 Å². The first-order valence-electron chi connectivity index (χ1n) is 3.23. The van der Waals surface area contributed by atoms with Gasteiger partial charge in [0.2, 0.25) is 0 Å². The van der Waals surface area contributed by atoms with Crippen LogP contribution in [0.2, 0.25) is 0 Å². The molecule has 1 aromatic heterocycles. The molecule has 1 aromatic rings. The second-order valence-corrected chi connectivity index (χ2v) is 1.88. The van der Waals surface area contributed by atoms with Gasteiger partial charge in [0, 0.05) is 18.6 Å². The molecule has 0 aliphatic carbocycles. The lowest BCUT2D eigenvalue weighted by molar-refractivity contribution is 1.31. The molecule has 11 heavy (non-hydrogen) atoms. The van der Waals surface area contributed by atoms with Gasteiger partial charge in [-0.2, -0.15) is 5.26 Å². The number of aromatic nitrogens is 1. The maximum absolute atomic E-state index is 8.19. The number of pyridine rings is 1. The summed E-state index contributed by atoms with van der Waals surface area (Å²) in [6.45, 7) is 0. The Morgan fingerprint density at radius 3 is 2.91 bits per heavy atom. The molecule has 0 N–H and O–H groups in total. The summed E-state index contributed by atoms with van der Waals surface area (Å²) in [6.07, 6.45) is 5.26. The fraction of sp³-hybridized carbons (Fsp3) is 0.125. The van der Waals surface area contributed by atoms with Crippen molar-refractivity contribution in [2.24, 2.45) is 4.99 Å². The molecular formula is C8H7N3. The lowest BCUT2D eigenvalue weighted by Gasteiger charge is -1.87. The van der Waals surface area contributed by atoms with Crippen molar-refractivity contribution in [2.45, 2.75) is 6.42 Å².